The van der Waals surface area contributed by atoms with Crippen molar-refractivity contribution in [3.63, 3.8) is 0 Å². The van der Waals surface area contributed by atoms with Crippen LogP contribution < -0.4 is 0 Å². The lowest BCUT2D eigenvalue weighted by atomic mass is 10.2. The van der Waals surface area contributed by atoms with E-state index in [2.05, 4.69) is 20.7 Å². The molecule has 1 saturated carbocycles. The van der Waals surface area contributed by atoms with Crippen molar-refractivity contribution < 1.29 is 17.7 Å². The minimum atomic E-state index is -4.62. The van der Waals surface area contributed by atoms with Crippen LogP contribution in [0.5, 0.6) is 0 Å². The van der Waals surface area contributed by atoms with Crippen molar-refractivity contribution >= 4 is 11.8 Å². The molecule has 0 atom stereocenters. The highest BCUT2D eigenvalue weighted by atomic mass is 32.2. The van der Waals surface area contributed by atoms with Gasteiger partial charge in [-0.3, -0.25) is 0 Å². The van der Waals surface area contributed by atoms with Crippen LogP contribution in [0.25, 0.3) is 11.4 Å². The Bertz CT molecular complexity index is 621. The van der Waals surface area contributed by atoms with Gasteiger partial charge in [0, 0.05) is 15.7 Å². The van der Waals surface area contributed by atoms with Gasteiger partial charge in [0.2, 0.25) is 5.82 Å². The van der Waals surface area contributed by atoms with E-state index in [0.29, 0.717) is 10.8 Å². The van der Waals surface area contributed by atoms with Gasteiger partial charge >= 0.3 is 12.1 Å². The highest BCUT2D eigenvalue weighted by Gasteiger charge is 2.38. The summed E-state index contributed by atoms with van der Waals surface area (Å²) in [7, 11) is 0. The second-order valence-electron chi connectivity index (χ2n) is 4.89. The van der Waals surface area contributed by atoms with Crippen LogP contribution in [0.1, 0.15) is 31.6 Å². The first-order valence-electron chi connectivity index (χ1n) is 6.62. The first-order valence-corrected chi connectivity index (χ1v) is 7.50. The number of aromatic nitrogens is 2. The molecular formula is C14H12F3N2OS. The Labute approximate surface area is 123 Å². The minimum absolute atomic E-state index is 0.0513. The Morgan fingerprint density at radius 2 is 2.05 bits per heavy atom. The summed E-state index contributed by atoms with van der Waals surface area (Å²) in [4.78, 5) is 4.30. The second kappa shape index (κ2) is 5.71. The second-order valence-corrected chi connectivity index (χ2v) is 6.23. The zero-order valence-corrected chi connectivity index (χ0v) is 11.8. The summed E-state index contributed by atoms with van der Waals surface area (Å²) in [5.74, 6) is -1.38. The Balaban J connectivity index is 1.80. The highest BCUT2D eigenvalue weighted by molar-refractivity contribution is 8.00. The molecule has 7 heteroatoms. The predicted molar refractivity (Wildman–Crippen MR) is 71.7 cm³/mol. The number of alkyl halides is 3. The number of rotatable bonds is 3. The van der Waals surface area contributed by atoms with Crippen molar-refractivity contribution in [1.82, 2.24) is 10.1 Å². The maximum Gasteiger partial charge on any atom is 0.471 e. The van der Waals surface area contributed by atoms with Gasteiger partial charge in [-0.1, -0.05) is 30.1 Å². The fourth-order valence-electron chi connectivity index (χ4n) is 2.29. The Morgan fingerprint density at radius 1 is 1.29 bits per heavy atom. The van der Waals surface area contributed by atoms with Crippen LogP contribution in [-0.2, 0) is 6.18 Å². The Kier molecular flexibility index (Phi) is 3.93. The van der Waals surface area contributed by atoms with E-state index >= 15 is 0 Å². The third-order valence-corrected chi connectivity index (χ3v) is 4.59. The van der Waals surface area contributed by atoms with Gasteiger partial charge in [-0.2, -0.15) is 18.2 Å². The van der Waals surface area contributed by atoms with Crippen molar-refractivity contribution in [3.05, 3.63) is 30.2 Å². The van der Waals surface area contributed by atoms with Gasteiger partial charge < -0.3 is 4.52 Å². The quantitative estimate of drug-likeness (QED) is 0.831. The summed E-state index contributed by atoms with van der Waals surface area (Å²) < 4.78 is 41.6. The summed E-state index contributed by atoms with van der Waals surface area (Å²) in [5.41, 5.74) is 0.508. The van der Waals surface area contributed by atoms with Gasteiger partial charge in [-0.15, -0.1) is 11.8 Å². The topological polar surface area (TPSA) is 38.9 Å². The molecule has 21 heavy (non-hydrogen) atoms. The first-order chi connectivity index (χ1) is 10.0. The molecule has 1 aromatic carbocycles. The van der Waals surface area contributed by atoms with Gasteiger partial charge in [-0.25, -0.2) is 0 Å². The molecule has 2 aromatic rings. The van der Waals surface area contributed by atoms with Gasteiger partial charge in [0.1, 0.15) is 0 Å². The maximum absolute atomic E-state index is 12.5. The van der Waals surface area contributed by atoms with Crippen LogP contribution in [-0.4, -0.2) is 15.4 Å². The lowest BCUT2D eigenvalue weighted by Crippen LogP contribution is -2.04. The molecule has 1 fully saturated rings. The Hall–Kier alpha value is -1.50. The molecular weight excluding hydrogens is 301 g/mol. The highest BCUT2D eigenvalue weighted by Crippen LogP contribution is 2.36. The molecule has 0 unspecified atom stereocenters. The van der Waals surface area contributed by atoms with E-state index in [4.69, 9.17) is 0 Å². The number of halogens is 3. The molecule has 0 aliphatic heterocycles. The summed E-state index contributed by atoms with van der Waals surface area (Å²) in [5, 5.41) is 3.96. The fourth-order valence-corrected chi connectivity index (χ4v) is 3.55. The summed E-state index contributed by atoms with van der Waals surface area (Å²) in [6, 6.07) is 8.16. The molecule has 0 spiro atoms. The number of benzene rings is 1. The van der Waals surface area contributed by atoms with Gasteiger partial charge in [0.15, 0.2) is 0 Å². The molecule has 0 bridgehead atoms. The largest absolute Gasteiger partial charge is 0.471 e. The zero-order chi connectivity index (χ0) is 14.9. The van der Waals surface area contributed by atoms with E-state index in [1.807, 2.05) is 0 Å². The van der Waals surface area contributed by atoms with E-state index < -0.39 is 12.1 Å². The van der Waals surface area contributed by atoms with Crippen molar-refractivity contribution in [1.29, 1.82) is 0 Å². The van der Waals surface area contributed by atoms with Gasteiger partial charge in [0.05, 0.1) is 0 Å². The van der Waals surface area contributed by atoms with Crippen LogP contribution in [0, 0.1) is 6.07 Å². The maximum atomic E-state index is 12.5. The van der Waals surface area contributed by atoms with Crippen molar-refractivity contribution in [2.24, 2.45) is 0 Å². The molecule has 3 nitrogen and oxygen atoms in total. The SMILES string of the molecule is FC(F)(F)c1nc(-c2cc[c]c(SC3CCCC3)c2)no1. The van der Waals surface area contributed by atoms with E-state index in [-0.39, 0.29) is 5.82 Å². The molecule has 0 N–H and O–H groups in total. The predicted octanol–water partition coefficient (Wildman–Crippen LogP) is 4.59. The number of nitrogens with zero attached hydrogens (tertiary/aromatic N) is 2. The molecule has 1 aromatic heterocycles. The van der Waals surface area contributed by atoms with Crippen molar-refractivity contribution in [3.8, 4) is 11.4 Å². The monoisotopic (exact) mass is 313 g/mol. The summed E-state index contributed by atoms with van der Waals surface area (Å²) in [6.45, 7) is 0. The first kappa shape index (κ1) is 14.4. The average Bonchev–Trinajstić information content (AvgIpc) is 3.09. The van der Waals surface area contributed by atoms with E-state index in [0.717, 1.165) is 4.90 Å². The summed E-state index contributed by atoms with van der Waals surface area (Å²) >= 11 is 1.71. The van der Waals surface area contributed by atoms with Crippen molar-refractivity contribution in [2.45, 2.75) is 42.0 Å². The fraction of sp³-hybridized carbons (Fsp3) is 0.429. The van der Waals surface area contributed by atoms with E-state index in [1.54, 1.807) is 30.0 Å². The third kappa shape index (κ3) is 3.40. The molecule has 111 valence electrons. The smallest absolute Gasteiger partial charge is 0.329 e. The number of hydrogen-bond acceptors (Lipinski definition) is 4. The van der Waals surface area contributed by atoms with Crippen LogP contribution in [0.15, 0.2) is 27.6 Å². The van der Waals surface area contributed by atoms with Gasteiger partial charge in [0.25, 0.3) is 0 Å². The van der Waals surface area contributed by atoms with Crippen molar-refractivity contribution in [2.75, 3.05) is 0 Å². The molecule has 1 heterocycles. The van der Waals surface area contributed by atoms with Crippen LogP contribution in [0.4, 0.5) is 13.2 Å². The van der Waals surface area contributed by atoms with Crippen LogP contribution in [0.2, 0.25) is 0 Å². The standard InChI is InChI=1S/C14H12F3N2OS/c15-14(16,17)13-18-12(19-20-13)9-4-3-7-11(8-9)21-10-5-1-2-6-10/h3-4,8,10H,1-2,5-6H2. The third-order valence-electron chi connectivity index (χ3n) is 3.30. The van der Waals surface area contributed by atoms with Crippen LogP contribution in [0.3, 0.4) is 0 Å². The molecule has 1 aliphatic rings. The lowest BCUT2D eigenvalue weighted by molar-refractivity contribution is -0.159. The Morgan fingerprint density at radius 3 is 2.71 bits per heavy atom. The summed E-state index contributed by atoms with van der Waals surface area (Å²) in [6.07, 6.45) is 0.189. The van der Waals surface area contributed by atoms with E-state index in [1.165, 1.54) is 25.7 Å². The molecule has 0 saturated heterocycles. The number of thioether (sulfide) groups is 1. The molecule has 0 amide bonds. The number of hydrogen-bond donors (Lipinski definition) is 0. The van der Waals surface area contributed by atoms with E-state index in [9.17, 15) is 13.2 Å². The van der Waals surface area contributed by atoms with Gasteiger partial charge in [-0.05, 0) is 25.0 Å². The normalized spacial score (nSPS) is 16.5. The zero-order valence-electron chi connectivity index (χ0n) is 11.0. The average molecular weight is 313 g/mol. The lowest BCUT2D eigenvalue weighted by Gasteiger charge is -2.08. The molecule has 1 aliphatic carbocycles. The van der Waals surface area contributed by atoms with Crippen LogP contribution >= 0.6 is 11.8 Å². The molecule has 3 rings (SSSR count). The minimum Gasteiger partial charge on any atom is -0.329 e. The molecule has 1 radical (unpaired) electrons.